The number of hydrogen-bond donors (Lipinski definition) is 13. The molecule has 21 atom stereocenters. The van der Waals surface area contributed by atoms with Gasteiger partial charge in [-0.25, -0.2) is 4.18 Å². The van der Waals surface area contributed by atoms with Crippen molar-refractivity contribution < 1.29 is 116 Å². The Labute approximate surface area is 350 Å². The van der Waals surface area contributed by atoms with Gasteiger partial charge in [0, 0.05) is 32.2 Å². The van der Waals surface area contributed by atoms with Gasteiger partial charge in [0.05, 0.1) is 44.7 Å². The van der Waals surface area contributed by atoms with Gasteiger partial charge in [0.1, 0.15) is 85.1 Å². The number of Topliss-reactive ketones (excluding diaryl/α,β-unsaturated/α-hetero) is 1. The fourth-order valence-corrected chi connectivity index (χ4v) is 8.05. The highest BCUT2D eigenvalue weighted by Gasteiger charge is 2.57. The molecule has 0 saturated carbocycles. The van der Waals surface area contributed by atoms with E-state index >= 15 is 0 Å². The second-order valence-corrected chi connectivity index (χ2v) is 16.7. The summed E-state index contributed by atoms with van der Waals surface area (Å²) in [7, 11) is -5.21. The minimum absolute atomic E-state index is 0.0500. The molecule has 4 saturated heterocycles. The second kappa shape index (κ2) is 22.0. The summed E-state index contributed by atoms with van der Waals surface area (Å²) >= 11 is 0. The fourth-order valence-electron chi connectivity index (χ4n) is 7.74. The van der Waals surface area contributed by atoms with Crippen LogP contribution in [0, 0.1) is 5.92 Å². The minimum Gasteiger partial charge on any atom is -0.394 e. The highest BCUT2D eigenvalue weighted by Crippen LogP contribution is 2.41. The lowest BCUT2D eigenvalue weighted by Crippen LogP contribution is -2.70. The second-order valence-electron chi connectivity index (χ2n) is 15.6. The van der Waals surface area contributed by atoms with Crippen LogP contribution in [0.5, 0.6) is 0 Å². The summed E-state index contributed by atoms with van der Waals surface area (Å²) in [6.45, 7) is 1.60. The topological polar surface area (TPSA) is 412 Å². The molecule has 0 bridgehead atoms. The monoisotopic (exact) mass is 912 g/mol. The minimum atomic E-state index is -5.21. The maximum Gasteiger partial charge on any atom is 0.397 e. The van der Waals surface area contributed by atoms with Crippen LogP contribution in [0.4, 0.5) is 0 Å². The third-order valence-electron chi connectivity index (χ3n) is 10.7. The van der Waals surface area contributed by atoms with Crippen LogP contribution in [0.1, 0.15) is 40.5 Å². The van der Waals surface area contributed by atoms with E-state index in [-0.39, 0.29) is 19.6 Å². The number of hydrogen-bond acceptors (Lipinski definition) is 24. The average Bonchev–Trinajstić information content (AvgIpc) is 3.18. The van der Waals surface area contributed by atoms with Crippen molar-refractivity contribution in [2.75, 3.05) is 33.0 Å². The molecule has 4 heterocycles. The average molecular weight is 913 g/mol. The molecule has 0 aromatic carbocycles. The van der Waals surface area contributed by atoms with Crippen molar-refractivity contribution in [2.24, 2.45) is 11.7 Å². The molecule has 0 aromatic rings. The zero-order valence-electron chi connectivity index (χ0n) is 33.7. The van der Waals surface area contributed by atoms with Crippen LogP contribution in [-0.4, -0.2) is 231 Å². The number of aliphatic hydroxyl groups excluding tert-OH is 10. The van der Waals surface area contributed by atoms with E-state index in [4.69, 9.17) is 43.6 Å². The van der Waals surface area contributed by atoms with Crippen LogP contribution in [0.25, 0.3) is 0 Å². The molecule has 0 radical (unpaired) electrons. The molecule has 0 aromatic heterocycles. The Balaban J connectivity index is 1.75. The Morgan fingerprint density at radius 1 is 0.869 bits per heavy atom. The molecule has 4 fully saturated rings. The van der Waals surface area contributed by atoms with E-state index < -0.39 is 177 Å². The van der Waals surface area contributed by atoms with E-state index in [1.165, 1.54) is 20.8 Å². The first-order valence-corrected chi connectivity index (χ1v) is 20.8. The van der Waals surface area contributed by atoms with Crippen molar-refractivity contribution in [1.82, 2.24) is 5.32 Å². The van der Waals surface area contributed by atoms with Crippen molar-refractivity contribution in [2.45, 2.75) is 163 Å². The van der Waals surface area contributed by atoms with E-state index in [1.54, 1.807) is 0 Å². The van der Waals surface area contributed by atoms with Crippen LogP contribution in [0.2, 0.25) is 0 Å². The molecule has 27 heteroatoms. The number of carbonyl (C=O) groups excluding carboxylic acids is 2. The maximum absolute atomic E-state index is 12.6. The van der Waals surface area contributed by atoms with Crippen LogP contribution in [-0.2, 0) is 62.1 Å². The first-order chi connectivity index (χ1) is 28.4. The lowest BCUT2D eigenvalue weighted by Gasteiger charge is -2.52. The van der Waals surface area contributed by atoms with Gasteiger partial charge in [0.15, 0.2) is 24.7 Å². The summed E-state index contributed by atoms with van der Waals surface area (Å²) in [4.78, 5) is 24.7. The molecule has 61 heavy (non-hydrogen) atoms. The normalized spacial score (nSPS) is 43.3. The Kier molecular flexibility index (Phi) is 18.7. The SMILES string of the molecule is CC(=O)C[C@H]1C([C@H](O)[C@H](O)CO)O[C@](C)(O[C@@H]2C(O)[C@H](O[C@@H]3C(CO)O[C@@H](OCCN)C(NC(C)=O)[C@H]3O[C@@H]3OC(C)[C@@H](O)[C@H](O)C3O)OC(COS(=O)(=O)O)[C@@H]2O)C[C@H]1O. The number of carbonyl (C=O) groups is 2. The third kappa shape index (κ3) is 13.0. The summed E-state index contributed by atoms with van der Waals surface area (Å²) in [5, 5.41) is 110. The van der Waals surface area contributed by atoms with E-state index in [1.807, 2.05) is 0 Å². The Morgan fingerprint density at radius 2 is 1.49 bits per heavy atom. The van der Waals surface area contributed by atoms with Crippen molar-refractivity contribution in [1.29, 1.82) is 0 Å². The molecule has 26 nitrogen and oxygen atoms in total. The van der Waals surface area contributed by atoms with Gasteiger partial charge in [-0.2, -0.15) is 8.42 Å². The van der Waals surface area contributed by atoms with Gasteiger partial charge in [-0.05, 0) is 20.8 Å². The summed E-state index contributed by atoms with van der Waals surface area (Å²) in [6.07, 6.45) is -32.7. The molecule has 4 aliphatic heterocycles. The highest BCUT2D eigenvalue weighted by atomic mass is 32.3. The number of rotatable bonds is 19. The van der Waals surface area contributed by atoms with E-state index in [9.17, 15) is 73.6 Å². The quantitative estimate of drug-likeness (QED) is 0.0535. The van der Waals surface area contributed by atoms with Gasteiger partial charge in [-0.15, -0.1) is 0 Å². The Hall–Kier alpha value is -1.75. The Bertz CT molecular complexity index is 1530. The zero-order valence-corrected chi connectivity index (χ0v) is 34.5. The van der Waals surface area contributed by atoms with Crippen molar-refractivity contribution in [3.63, 3.8) is 0 Å². The molecular formula is C34H60N2O24S. The van der Waals surface area contributed by atoms with Gasteiger partial charge < -0.3 is 105 Å². The first-order valence-electron chi connectivity index (χ1n) is 19.4. The summed E-state index contributed by atoms with van der Waals surface area (Å²) < 4.78 is 84.4. The molecule has 4 rings (SSSR count). The maximum atomic E-state index is 12.6. The first kappa shape index (κ1) is 51.9. The summed E-state index contributed by atoms with van der Waals surface area (Å²) in [6, 6.07) is -1.44. The van der Waals surface area contributed by atoms with Crippen LogP contribution < -0.4 is 11.1 Å². The van der Waals surface area contributed by atoms with Crippen molar-refractivity contribution >= 4 is 22.1 Å². The third-order valence-corrected chi connectivity index (χ3v) is 11.2. The van der Waals surface area contributed by atoms with E-state index in [0.717, 1.165) is 6.92 Å². The molecule has 7 unspecified atom stereocenters. The van der Waals surface area contributed by atoms with Gasteiger partial charge in [-0.3, -0.25) is 9.35 Å². The zero-order chi connectivity index (χ0) is 45.7. The molecule has 1 amide bonds. The lowest BCUT2D eigenvalue weighted by atomic mass is 9.80. The summed E-state index contributed by atoms with van der Waals surface area (Å²) in [5.74, 6) is -4.43. The van der Waals surface area contributed by atoms with Crippen LogP contribution in [0.15, 0.2) is 0 Å². The number of nitrogens with one attached hydrogen (secondary N) is 1. The van der Waals surface area contributed by atoms with Gasteiger partial charge in [0.2, 0.25) is 5.91 Å². The molecule has 14 N–H and O–H groups in total. The predicted octanol–water partition coefficient (Wildman–Crippen LogP) is -7.39. The standard InChI is InChI=1S/C34H60N2O24S/c1-12(39)7-15-16(41)8-34(4,59-27(15)22(44)17(42)9-37)60-30-23(45)19(11-53-61(49,50)51)56-33(26(30)48)57-28-18(10-38)55-31(52-6-5-35)20(36-14(3)40)29(28)58-32-25(47)24(46)21(43)13(2)54-32/h13,15-33,37-38,41-48H,5-11,35H2,1-4H3,(H,36,40)(H,49,50,51)/t13?,15-,16-,17-,18?,19?,20?,21-,22-,23+,24+,25?,26?,27?,28-,29-,30+,31-,32+,33+,34-/m1/s1. The van der Waals surface area contributed by atoms with Crippen LogP contribution >= 0.6 is 0 Å². The summed E-state index contributed by atoms with van der Waals surface area (Å²) in [5.41, 5.74) is 5.62. The Morgan fingerprint density at radius 3 is 2.07 bits per heavy atom. The molecule has 0 aliphatic carbocycles. The number of nitrogens with two attached hydrogens (primary N) is 1. The number of ether oxygens (including phenoxy) is 8. The van der Waals surface area contributed by atoms with Gasteiger partial charge in [-0.1, -0.05) is 0 Å². The lowest BCUT2D eigenvalue weighted by molar-refractivity contribution is -0.395. The smallest absolute Gasteiger partial charge is 0.394 e. The van der Waals surface area contributed by atoms with Gasteiger partial charge >= 0.3 is 10.4 Å². The van der Waals surface area contributed by atoms with E-state index in [0.29, 0.717) is 0 Å². The van der Waals surface area contributed by atoms with Crippen molar-refractivity contribution in [3.05, 3.63) is 0 Å². The van der Waals surface area contributed by atoms with E-state index in [2.05, 4.69) is 9.50 Å². The fraction of sp³-hybridized carbons (Fsp3) is 0.941. The predicted molar refractivity (Wildman–Crippen MR) is 195 cm³/mol. The van der Waals surface area contributed by atoms with Gasteiger partial charge in [0.25, 0.3) is 0 Å². The molecule has 0 spiro atoms. The number of amides is 1. The largest absolute Gasteiger partial charge is 0.397 e. The number of ketones is 1. The van der Waals surface area contributed by atoms with Crippen LogP contribution in [0.3, 0.4) is 0 Å². The molecular weight excluding hydrogens is 852 g/mol. The molecule has 4 aliphatic rings. The highest BCUT2D eigenvalue weighted by molar-refractivity contribution is 7.80. The van der Waals surface area contributed by atoms with Crippen molar-refractivity contribution in [3.8, 4) is 0 Å². The molecule has 356 valence electrons. The number of aliphatic hydroxyl groups is 10.